The van der Waals surface area contributed by atoms with Crippen LogP contribution in [0.1, 0.15) is 50.7 Å². The Morgan fingerprint density at radius 3 is 2.73 bits per heavy atom. The normalized spacial score (nSPS) is 27.5. The van der Waals surface area contributed by atoms with Gasteiger partial charge in [0.2, 0.25) is 0 Å². The van der Waals surface area contributed by atoms with Crippen molar-refractivity contribution in [2.45, 2.75) is 59.2 Å². The van der Waals surface area contributed by atoms with Gasteiger partial charge < -0.3 is 4.74 Å². The van der Waals surface area contributed by atoms with Crippen molar-refractivity contribution < 1.29 is 9.13 Å². The van der Waals surface area contributed by atoms with Crippen LogP contribution in [-0.4, -0.2) is 37.0 Å². The molecule has 0 amide bonds. The molecule has 4 heteroatoms. The van der Waals surface area contributed by atoms with E-state index >= 15 is 0 Å². The highest BCUT2D eigenvalue weighted by Crippen LogP contribution is 2.48. The number of aliphatic imine (C=N–C) groups is 1. The molecule has 0 spiro atoms. The molecule has 1 aromatic rings. The smallest absolute Gasteiger partial charge is 0.128 e. The van der Waals surface area contributed by atoms with Gasteiger partial charge in [-0.3, -0.25) is 9.89 Å². The van der Waals surface area contributed by atoms with E-state index in [1.807, 2.05) is 19.1 Å². The molecule has 0 N–H and O–H groups in total. The van der Waals surface area contributed by atoms with Gasteiger partial charge in [-0.1, -0.05) is 30.7 Å². The monoisotopic (exact) mass is 410 g/mol. The summed E-state index contributed by atoms with van der Waals surface area (Å²) >= 11 is 0. The summed E-state index contributed by atoms with van der Waals surface area (Å²) in [5.41, 5.74) is 4.25. The quantitative estimate of drug-likeness (QED) is 0.577. The van der Waals surface area contributed by atoms with Crippen molar-refractivity contribution in [2.24, 2.45) is 22.7 Å². The zero-order valence-electron chi connectivity index (χ0n) is 18.6. The van der Waals surface area contributed by atoms with Crippen LogP contribution in [0.4, 0.5) is 4.39 Å². The molecular weight excluding hydrogens is 375 g/mol. The van der Waals surface area contributed by atoms with Crippen molar-refractivity contribution in [2.75, 3.05) is 19.7 Å². The molecular formula is C26H35FN2O. The van der Waals surface area contributed by atoms with E-state index < -0.39 is 0 Å². The van der Waals surface area contributed by atoms with Crippen LogP contribution in [0.5, 0.6) is 0 Å². The number of allylic oxidation sites excluding steroid dienone is 3. The van der Waals surface area contributed by atoms with Crippen LogP contribution in [0.2, 0.25) is 0 Å². The third-order valence-corrected chi connectivity index (χ3v) is 6.96. The first-order valence-electron chi connectivity index (χ1n) is 11.5. The molecule has 1 aromatic carbocycles. The number of piperidine rings is 1. The maximum Gasteiger partial charge on any atom is 0.128 e. The number of aryl methyl sites for hydroxylation is 1. The van der Waals surface area contributed by atoms with Crippen LogP contribution in [0, 0.1) is 30.5 Å². The number of nitrogens with zero attached hydrogens (tertiary/aromatic N) is 2. The second-order valence-electron chi connectivity index (χ2n) is 9.32. The molecule has 4 rings (SSSR count). The van der Waals surface area contributed by atoms with E-state index in [0.717, 1.165) is 43.5 Å². The number of halogens is 1. The summed E-state index contributed by atoms with van der Waals surface area (Å²) in [4.78, 5) is 7.36. The minimum Gasteiger partial charge on any atom is -0.376 e. The molecule has 3 aliphatic rings. The lowest BCUT2D eigenvalue weighted by molar-refractivity contribution is 0.0957. The number of benzene rings is 1. The van der Waals surface area contributed by atoms with Crippen LogP contribution in [0.25, 0.3) is 0 Å². The zero-order valence-corrected chi connectivity index (χ0v) is 18.6. The zero-order chi connectivity index (χ0) is 21.1. The fourth-order valence-electron chi connectivity index (χ4n) is 4.96. The highest BCUT2D eigenvalue weighted by molar-refractivity contribution is 5.80. The van der Waals surface area contributed by atoms with Gasteiger partial charge in [0.25, 0.3) is 0 Å². The van der Waals surface area contributed by atoms with Crippen LogP contribution >= 0.6 is 0 Å². The van der Waals surface area contributed by atoms with Crippen molar-refractivity contribution in [1.29, 1.82) is 0 Å². The summed E-state index contributed by atoms with van der Waals surface area (Å²) in [6, 6.07) is 5.38. The minimum atomic E-state index is -0.151. The molecule has 0 bridgehead atoms. The lowest BCUT2D eigenvalue weighted by Crippen LogP contribution is -2.40. The first-order chi connectivity index (χ1) is 14.5. The number of hydrogen-bond acceptors (Lipinski definition) is 3. The van der Waals surface area contributed by atoms with Gasteiger partial charge in [-0.15, -0.1) is 0 Å². The van der Waals surface area contributed by atoms with Crippen molar-refractivity contribution in [1.82, 2.24) is 4.90 Å². The first-order valence-corrected chi connectivity index (χ1v) is 11.5. The molecule has 0 radical (unpaired) electrons. The summed E-state index contributed by atoms with van der Waals surface area (Å²) in [6.07, 6.45) is 11.6. The number of likely N-dealkylation sites (tertiary alicyclic amines) is 1. The Balaban J connectivity index is 1.20. The minimum absolute atomic E-state index is 0.151. The van der Waals surface area contributed by atoms with Gasteiger partial charge in [-0.2, -0.15) is 0 Å². The van der Waals surface area contributed by atoms with Gasteiger partial charge in [-0.25, -0.2) is 4.39 Å². The van der Waals surface area contributed by atoms with Crippen molar-refractivity contribution in [3.63, 3.8) is 0 Å². The topological polar surface area (TPSA) is 24.8 Å². The summed E-state index contributed by atoms with van der Waals surface area (Å²) in [7, 11) is 0. The second kappa shape index (κ2) is 9.57. The molecule has 3 atom stereocenters. The van der Waals surface area contributed by atoms with E-state index in [1.165, 1.54) is 30.4 Å². The van der Waals surface area contributed by atoms with Crippen LogP contribution in [-0.2, 0) is 11.3 Å². The van der Waals surface area contributed by atoms with Crippen molar-refractivity contribution >= 4 is 6.21 Å². The predicted octanol–water partition coefficient (Wildman–Crippen LogP) is 5.69. The molecule has 1 aliphatic carbocycles. The van der Waals surface area contributed by atoms with Gasteiger partial charge in [-0.05, 0) is 80.6 Å². The summed E-state index contributed by atoms with van der Waals surface area (Å²) in [6.45, 7) is 9.66. The number of rotatable bonds is 7. The molecule has 1 saturated heterocycles. The summed E-state index contributed by atoms with van der Waals surface area (Å²) < 4.78 is 19.8. The summed E-state index contributed by atoms with van der Waals surface area (Å²) in [5.74, 6) is 2.10. The SMILES string of the molecule is CCC1=CC(C)=CC(N2CCC([C@H]3C[C@@H]3COCc3ccc(C)cc3F)CC2)N=C1. The molecule has 2 heterocycles. The van der Waals surface area contributed by atoms with Crippen LogP contribution in [0.15, 0.2) is 46.5 Å². The lowest BCUT2D eigenvalue weighted by Gasteiger charge is -2.35. The Morgan fingerprint density at radius 1 is 1.20 bits per heavy atom. The largest absolute Gasteiger partial charge is 0.376 e. The standard InChI is InChI=1S/C26H35FN2O/c1-4-20-11-19(3)13-26(28-15-20)29-9-7-21(8-10-29)24-14-23(24)17-30-16-22-6-5-18(2)12-25(22)27/h5-6,11-13,15,21,23-24,26H,4,7-10,14,16-17H2,1-3H3/t23-,24-,26?/m1/s1. The number of ether oxygens (including phenoxy) is 1. The maximum atomic E-state index is 13.9. The molecule has 1 unspecified atom stereocenters. The molecule has 1 saturated carbocycles. The van der Waals surface area contributed by atoms with Crippen molar-refractivity contribution in [3.8, 4) is 0 Å². The Hall–Kier alpha value is -1.78. The maximum absolute atomic E-state index is 13.9. The van der Waals surface area contributed by atoms with E-state index in [2.05, 4.69) is 37.1 Å². The van der Waals surface area contributed by atoms with Crippen molar-refractivity contribution in [3.05, 3.63) is 58.4 Å². The van der Waals surface area contributed by atoms with Gasteiger partial charge in [0.15, 0.2) is 0 Å². The fourth-order valence-corrected chi connectivity index (χ4v) is 4.96. The van der Waals surface area contributed by atoms with Gasteiger partial charge in [0.1, 0.15) is 12.0 Å². The highest BCUT2D eigenvalue weighted by atomic mass is 19.1. The van der Waals surface area contributed by atoms with E-state index in [-0.39, 0.29) is 12.0 Å². The average molecular weight is 411 g/mol. The Labute approximate surface area is 180 Å². The van der Waals surface area contributed by atoms with E-state index in [4.69, 9.17) is 9.73 Å². The lowest BCUT2D eigenvalue weighted by atomic mass is 9.90. The van der Waals surface area contributed by atoms with E-state index in [0.29, 0.717) is 18.1 Å². The Morgan fingerprint density at radius 2 is 2.00 bits per heavy atom. The molecule has 2 fully saturated rings. The fraction of sp³-hybridized carbons (Fsp3) is 0.577. The third kappa shape index (κ3) is 5.28. The van der Waals surface area contributed by atoms with Gasteiger partial charge in [0.05, 0.1) is 13.2 Å². The number of hydrogen-bond donors (Lipinski definition) is 0. The molecule has 30 heavy (non-hydrogen) atoms. The first kappa shape index (κ1) is 21.5. The molecule has 2 aliphatic heterocycles. The Bertz CT molecular complexity index is 835. The third-order valence-electron chi connectivity index (χ3n) is 6.96. The average Bonchev–Trinajstić information content (AvgIpc) is 3.53. The van der Waals surface area contributed by atoms with E-state index in [9.17, 15) is 4.39 Å². The van der Waals surface area contributed by atoms with Gasteiger partial charge >= 0.3 is 0 Å². The highest BCUT2D eigenvalue weighted by Gasteiger charge is 2.43. The van der Waals surface area contributed by atoms with Crippen LogP contribution < -0.4 is 0 Å². The Kier molecular flexibility index (Phi) is 6.84. The summed E-state index contributed by atoms with van der Waals surface area (Å²) in [5, 5.41) is 0. The van der Waals surface area contributed by atoms with Crippen LogP contribution in [0.3, 0.4) is 0 Å². The predicted molar refractivity (Wildman–Crippen MR) is 121 cm³/mol. The second-order valence-corrected chi connectivity index (χ2v) is 9.32. The molecule has 3 nitrogen and oxygen atoms in total. The van der Waals surface area contributed by atoms with Gasteiger partial charge in [0, 0.05) is 24.9 Å². The molecule has 0 aromatic heterocycles. The van der Waals surface area contributed by atoms with E-state index in [1.54, 1.807) is 6.07 Å². The molecule has 162 valence electrons.